The molecule has 4 aromatic rings. The number of hydrogen-bond acceptors (Lipinski definition) is 6. The van der Waals surface area contributed by atoms with Crippen LogP contribution in [0.4, 0.5) is 5.69 Å². The second-order valence-electron chi connectivity index (χ2n) is 8.09. The van der Waals surface area contributed by atoms with Crippen molar-refractivity contribution in [2.24, 2.45) is 0 Å². The van der Waals surface area contributed by atoms with Crippen molar-refractivity contribution >= 4 is 55.0 Å². The number of aromatic nitrogens is 3. The van der Waals surface area contributed by atoms with Gasteiger partial charge in [0.05, 0.1) is 28.9 Å². The molecule has 33 heavy (non-hydrogen) atoms. The van der Waals surface area contributed by atoms with Gasteiger partial charge in [-0.3, -0.25) is 18.7 Å². The summed E-state index contributed by atoms with van der Waals surface area (Å²) < 4.78 is 8.57. The number of nitrogens with one attached hydrogen (secondary N) is 1. The molecule has 0 aliphatic carbocycles. The van der Waals surface area contributed by atoms with Gasteiger partial charge < -0.3 is 10.1 Å². The molecule has 170 valence electrons. The number of halogens is 1. The van der Waals surface area contributed by atoms with Gasteiger partial charge in [-0.1, -0.05) is 17.7 Å². The van der Waals surface area contributed by atoms with E-state index in [9.17, 15) is 14.4 Å². The van der Waals surface area contributed by atoms with E-state index >= 15 is 0 Å². The quantitative estimate of drug-likeness (QED) is 0.467. The Balaban J connectivity index is 1.61. The first-order valence-corrected chi connectivity index (χ1v) is 11.8. The SMILES string of the molecule is Cc1ccc(NC(=O)Cn2c(=O)n(C[C@H]3CCCO3)c(=O)c3sc4ncccc4c32)c(Cl)c1. The van der Waals surface area contributed by atoms with Crippen LogP contribution < -0.4 is 16.6 Å². The molecule has 4 heterocycles. The highest BCUT2D eigenvalue weighted by atomic mass is 35.5. The number of nitrogens with zero attached hydrogens (tertiary/aromatic N) is 3. The van der Waals surface area contributed by atoms with Crippen LogP contribution >= 0.6 is 22.9 Å². The number of ether oxygens (including phenoxy) is 1. The molecule has 3 aromatic heterocycles. The van der Waals surface area contributed by atoms with Crippen molar-refractivity contribution < 1.29 is 9.53 Å². The highest BCUT2D eigenvalue weighted by Gasteiger charge is 2.24. The number of rotatable bonds is 5. The monoisotopic (exact) mass is 484 g/mol. The maximum absolute atomic E-state index is 13.5. The summed E-state index contributed by atoms with van der Waals surface area (Å²) in [7, 11) is 0. The maximum atomic E-state index is 13.5. The van der Waals surface area contributed by atoms with E-state index in [1.807, 2.05) is 13.0 Å². The molecule has 1 fully saturated rings. The summed E-state index contributed by atoms with van der Waals surface area (Å²) in [6.45, 7) is 2.40. The van der Waals surface area contributed by atoms with Gasteiger partial charge in [-0.05, 0) is 49.6 Å². The van der Waals surface area contributed by atoms with Crippen LogP contribution in [0.3, 0.4) is 0 Å². The maximum Gasteiger partial charge on any atom is 0.332 e. The molecular weight excluding hydrogens is 464 g/mol. The number of aryl methyl sites for hydroxylation is 1. The molecule has 10 heteroatoms. The zero-order valence-corrected chi connectivity index (χ0v) is 19.4. The summed E-state index contributed by atoms with van der Waals surface area (Å²) in [6, 6.07) is 8.85. The Morgan fingerprint density at radius 2 is 2.15 bits per heavy atom. The van der Waals surface area contributed by atoms with Gasteiger partial charge in [0.25, 0.3) is 5.56 Å². The molecule has 0 unspecified atom stereocenters. The predicted octanol–water partition coefficient (Wildman–Crippen LogP) is 3.55. The van der Waals surface area contributed by atoms with E-state index in [-0.39, 0.29) is 24.8 Å². The minimum atomic E-state index is -0.545. The van der Waals surface area contributed by atoms with Crippen molar-refractivity contribution in [1.29, 1.82) is 0 Å². The van der Waals surface area contributed by atoms with Crippen molar-refractivity contribution in [1.82, 2.24) is 14.1 Å². The summed E-state index contributed by atoms with van der Waals surface area (Å²) in [4.78, 5) is 44.7. The first-order chi connectivity index (χ1) is 15.9. The Kier molecular flexibility index (Phi) is 5.77. The fraction of sp³-hybridized carbons (Fsp3) is 0.304. The summed E-state index contributed by atoms with van der Waals surface area (Å²) in [6.07, 6.45) is 3.11. The van der Waals surface area contributed by atoms with Crippen LogP contribution in [0.25, 0.3) is 20.4 Å². The highest BCUT2D eigenvalue weighted by molar-refractivity contribution is 7.25. The first kappa shape index (κ1) is 21.8. The Labute approximate surface area is 197 Å². The third kappa shape index (κ3) is 4.07. The number of pyridine rings is 1. The summed E-state index contributed by atoms with van der Waals surface area (Å²) >= 11 is 7.48. The Hall–Kier alpha value is -3.01. The zero-order valence-electron chi connectivity index (χ0n) is 17.8. The van der Waals surface area contributed by atoms with Gasteiger partial charge in [0, 0.05) is 18.2 Å². The number of carbonyl (C=O) groups excluding carboxylic acids is 1. The van der Waals surface area contributed by atoms with Crippen LogP contribution in [-0.2, 0) is 22.6 Å². The number of anilines is 1. The first-order valence-electron chi connectivity index (χ1n) is 10.6. The number of amides is 1. The van der Waals surface area contributed by atoms with E-state index in [1.54, 1.807) is 30.5 Å². The van der Waals surface area contributed by atoms with Crippen molar-refractivity contribution in [3.8, 4) is 0 Å². The Morgan fingerprint density at radius 3 is 2.91 bits per heavy atom. The molecular formula is C23H21ClN4O4S. The number of fused-ring (bicyclic) bond motifs is 3. The molecule has 1 saturated heterocycles. The van der Waals surface area contributed by atoms with Gasteiger partial charge in [-0.2, -0.15) is 0 Å². The average molecular weight is 485 g/mol. The van der Waals surface area contributed by atoms with Gasteiger partial charge >= 0.3 is 5.69 Å². The van der Waals surface area contributed by atoms with Gasteiger partial charge in [-0.25, -0.2) is 9.78 Å². The Morgan fingerprint density at radius 1 is 1.30 bits per heavy atom. The van der Waals surface area contributed by atoms with E-state index in [1.165, 1.54) is 20.5 Å². The van der Waals surface area contributed by atoms with Gasteiger partial charge in [-0.15, -0.1) is 11.3 Å². The van der Waals surface area contributed by atoms with Crippen LogP contribution in [0.1, 0.15) is 18.4 Å². The molecule has 0 spiro atoms. The fourth-order valence-electron chi connectivity index (χ4n) is 4.14. The standard InChI is InChI=1S/C23H21ClN4O4S/c1-13-6-7-17(16(24)10-13)26-18(29)12-27-19-15-5-2-8-25-21(15)33-20(19)22(30)28(23(27)31)11-14-4-3-9-32-14/h2,5-8,10,14H,3-4,9,11-12H2,1H3,(H,26,29)/t14-/m1/s1. The molecule has 1 aliphatic heterocycles. The van der Waals surface area contributed by atoms with Crippen LogP contribution in [0.2, 0.25) is 5.02 Å². The summed E-state index contributed by atoms with van der Waals surface area (Å²) in [5.74, 6) is -0.422. The smallest absolute Gasteiger partial charge is 0.332 e. The van der Waals surface area contributed by atoms with Crippen molar-refractivity contribution in [3.63, 3.8) is 0 Å². The summed E-state index contributed by atoms with van der Waals surface area (Å²) in [5.41, 5.74) is 0.922. The van der Waals surface area contributed by atoms with Crippen molar-refractivity contribution in [2.45, 2.75) is 39.0 Å². The Bertz CT molecular complexity index is 1500. The van der Waals surface area contributed by atoms with Gasteiger partial charge in [0.15, 0.2) is 0 Å². The minimum absolute atomic E-state index is 0.153. The van der Waals surface area contributed by atoms with E-state index < -0.39 is 11.6 Å². The second-order valence-corrected chi connectivity index (χ2v) is 9.49. The molecule has 0 bridgehead atoms. The lowest BCUT2D eigenvalue weighted by Crippen LogP contribution is -2.43. The molecule has 1 aromatic carbocycles. The lowest BCUT2D eigenvalue weighted by Gasteiger charge is -2.15. The lowest BCUT2D eigenvalue weighted by atomic mass is 10.2. The lowest BCUT2D eigenvalue weighted by molar-refractivity contribution is -0.116. The predicted molar refractivity (Wildman–Crippen MR) is 129 cm³/mol. The van der Waals surface area contributed by atoms with Crippen LogP contribution in [0.5, 0.6) is 0 Å². The largest absolute Gasteiger partial charge is 0.376 e. The number of benzene rings is 1. The van der Waals surface area contributed by atoms with Crippen molar-refractivity contribution in [3.05, 3.63) is 68.0 Å². The molecule has 0 radical (unpaired) electrons. The molecule has 8 nitrogen and oxygen atoms in total. The number of hydrogen-bond donors (Lipinski definition) is 1. The van der Waals surface area contributed by atoms with Gasteiger partial charge in [0.1, 0.15) is 16.1 Å². The van der Waals surface area contributed by atoms with Crippen LogP contribution in [0, 0.1) is 6.92 Å². The zero-order chi connectivity index (χ0) is 23.1. The molecule has 1 N–H and O–H groups in total. The third-order valence-electron chi connectivity index (χ3n) is 5.72. The van der Waals surface area contributed by atoms with Gasteiger partial charge in [0.2, 0.25) is 5.91 Å². The van der Waals surface area contributed by atoms with E-state index in [2.05, 4.69) is 10.3 Å². The highest BCUT2D eigenvalue weighted by Crippen LogP contribution is 2.29. The average Bonchev–Trinajstić information content (AvgIpc) is 3.44. The fourth-order valence-corrected chi connectivity index (χ4v) is 5.52. The number of thiophene rings is 1. The second kappa shape index (κ2) is 8.74. The normalized spacial score (nSPS) is 16.0. The summed E-state index contributed by atoms with van der Waals surface area (Å²) in [5, 5.41) is 3.85. The molecule has 1 atom stereocenters. The van der Waals surface area contributed by atoms with Crippen LogP contribution in [0.15, 0.2) is 46.1 Å². The molecule has 1 aliphatic rings. The van der Waals surface area contributed by atoms with E-state index in [0.29, 0.717) is 37.8 Å². The number of carbonyl (C=O) groups is 1. The van der Waals surface area contributed by atoms with Crippen LogP contribution in [-0.4, -0.2) is 32.7 Å². The topological polar surface area (TPSA) is 95.2 Å². The molecule has 5 rings (SSSR count). The van der Waals surface area contributed by atoms with Crippen molar-refractivity contribution in [2.75, 3.05) is 11.9 Å². The van der Waals surface area contributed by atoms with E-state index in [0.717, 1.165) is 18.4 Å². The minimum Gasteiger partial charge on any atom is -0.376 e. The molecule has 1 amide bonds. The van der Waals surface area contributed by atoms with E-state index in [4.69, 9.17) is 16.3 Å². The third-order valence-corrected chi connectivity index (χ3v) is 7.13. The molecule has 0 saturated carbocycles.